The zero-order valence-electron chi connectivity index (χ0n) is 13.7. The van der Waals surface area contributed by atoms with Crippen LogP contribution in [-0.4, -0.2) is 35.8 Å². The summed E-state index contributed by atoms with van der Waals surface area (Å²) >= 11 is 0. The lowest BCUT2D eigenvalue weighted by molar-refractivity contribution is 0.103. The van der Waals surface area contributed by atoms with Gasteiger partial charge in [0.05, 0.1) is 13.2 Å². The van der Waals surface area contributed by atoms with Crippen molar-refractivity contribution in [2.75, 3.05) is 13.7 Å². The number of methoxy groups -OCH3 is 1. The molecular formula is C20H25NO2. The van der Waals surface area contributed by atoms with E-state index in [9.17, 15) is 5.11 Å². The molecule has 0 aromatic heterocycles. The molecule has 1 aliphatic rings. The van der Waals surface area contributed by atoms with Crippen molar-refractivity contribution in [1.29, 1.82) is 0 Å². The molecule has 0 amide bonds. The van der Waals surface area contributed by atoms with E-state index in [1.807, 2.05) is 36.4 Å². The Kier molecular flexibility index (Phi) is 5.31. The molecule has 0 heterocycles. The zero-order chi connectivity index (χ0) is 16.1. The highest BCUT2D eigenvalue weighted by Gasteiger charge is 2.30. The van der Waals surface area contributed by atoms with E-state index >= 15 is 0 Å². The Labute approximate surface area is 138 Å². The van der Waals surface area contributed by atoms with Crippen molar-refractivity contribution in [2.24, 2.45) is 0 Å². The third-order valence-corrected chi connectivity index (χ3v) is 4.39. The Morgan fingerprint density at radius 2 is 1.78 bits per heavy atom. The number of ether oxygens (including phenoxy) is 1. The van der Waals surface area contributed by atoms with Crippen LogP contribution in [0.4, 0.5) is 0 Å². The summed E-state index contributed by atoms with van der Waals surface area (Å²) in [4.78, 5) is 2.39. The molecule has 3 nitrogen and oxygen atoms in total. The van der Waals surface area contributed by atoms with Crippen molar-refractivity contribution in [3.05, 3.63) is 65.7 Å². The first kappa shape index (κ1) is 16.0. The summed E-state index contributed by atoms with van der Waals surface area (Å²) in [7, 11) is 1.71. The second-order valence-corrected chi connectivity index (χ2v) is 6.32. The largest absolute Gasteiger partial charge is 0.496 e. The molecule has 0 saturated heterocycles. The molecule has 3 rings (SSSR count). The molecule has 23 heavy (non-hydrogen) atoms. The normalized spacial score (nSPS) is 15.6. The summed E-state index contributed by atoms with van der Waals surface area (Å²) in [6, 6.07) is 19.0. The third kappa shape index (κ3) is 4.57. The molecule has 2 aromatic carbocycles. The minimum absolute atomic E-state index is 0.340. The number of nitrogens with zero attached hydrogens (tertiary/aromatic N) is 1. The number of benzene rings is 2. The number of rotatable bonds is 8. The van der Waals surface area contributed by atoms with Gasteiger partial charge in [-0.25, -0.2) is 0 Å². The maximum Gasteiger partial charge on any atom is 0.123 e. The number of aliphatic hydroxyl groups is 1. The minimum Gasteiger partial charge on any atom is -0.496 e. The molecule has 122 valence electrons. The van der Waals surface area contributed by atoms with Gasteiger partial charge in [-0.1, -0.05) is 48.5 Å². The average molecular weight is 311 g/mol. The Morgan fingerprint density at radius 3 is 2.48 bits per heavy atom. The lowest BCUT2D eigenvalue weighted by atomic mass is 10.1. The summed E-state index contributed by atoms with van der Waals surface area (Å²) in [5, 5.41) is 10.5. The molecule has 2 aromatic rings. The molecule has 1 aliphatic carbocycles. The predicted molar refractivity (Wildman–Crippen MR) is 92.6 cm³/mol. The van der Waals surface area contributed by atoms with E-state index in [4.69, 9.17) is 4.74 Å². The SMILES string of the molecule is COc1ccccc1CN(CC(O)Cc1ccccc1)C1CC1. The van der Waals surface area contributed by atoms with E-state index in [-0.39, 0.29) is 6.10 Å². The fourth-order valence-corrected chi connectivity index (χ4v) is 3.06. The quantitative estimate of drug-likeness (QED) is 0.812. The van der Waals surface area contributed by atoms with Crippen molar-refractivity contribution in [3.8, 4) is 5.75 Å². The van der Waals surface area contributed by atoms with Gasteiger partial charge >= 0.3 is 0 Å². The molecule has 0 bridgehead atoms. The van der Waals surface area contributed by atoms with Gasteiger partial charge in [0.15, 0.2) is 0 Å². The second-order valence-electron chi connectivity index (χ2n) is 6.32. The van der Waals surface area contributed by atoms with Gasteiger partial charge in [-0.3, -0.25) is 4.90 Å². The first-order valence-electron chi connectivity index (χ1n) is 8.34. The zero-order valence-corrected chi connectivity index (χ0v) is 13.7. The Hall–Kier alpha value is -1.84. The Morgan fingerprint density at radius 1 is 1.09 bits per heavy atom. The van der Waals surface area contributed by atoms with Gasteiger partial charge in [0, 0.05) is 24.7 Å². The predicted octanol–water partition coefficient (Wildman–Crippen LogP) is 3.26. The fourth-order valence-electron chi connectivity index (χ4n) is 3.06. The van der Waals surface area contributed by atoms with Crippen molar-refractivity contribution in [3.63, 3.8) is 0 Å². The van der Waals surface area contributed by atoms with Crippen LogP contribution in [0.25, 0.3) is 0 Å². The van der Waals surface area contributed by atoms with Crippen LogP contribution in [0, 0.1) is 0 Å². The molecular weight excluding hydrogens is 286 g/mol. The maximum absolute atomic E-state index is 10.5. The van der Waals surface area contributed by atoms with Crippen LogP contribution in [0.3, 0.4) is 0 Å². The van der Waals surface area contributed by atoms with Gasteiger partial charge in [0.25, 0.3) is 0 Å². The van der Waals surface area contributed by atoms with Crippen LogP contribution in [0.15, 0.2) is 54.6 Å². The van der Waals surface area contributed by atoms with Crippen LogP contribution < -0.4 is 4.74 Å². The van der Waals surface area contributed by atoms with Gasteiger partial charge in [0.1, 0.15) is 5.75 Å². The molecule has 1 fully saturated rings. The highest BCUT2D eigenvalue weighted by Crippen LogP contribution is 2.30. The fraction of sp³-hybridized carbons (Fsp3) is 0.400. The summed E-state index contributed by atoms with van der Waals surface area (Å²) < 4.78 is 5.46. The molecule has 0 radical (unpaired) electrons. The van der Waals surface area contributed by atoms with Crippen LogP contribution >= 0.6 is 0 Å². The van der Waals surface area contributed by atoms with Gasteiger partial charge in [-0.05, 0) is 30.9 Å². The molecule has 0 spiro atoms. The lowest BCUT2D eigenvalue weighted by Crippen LogP contribution is -2.35. The summed E-state index contributed by atoms with van der Waals surface area (Å²) in [5.41, 5.74) is 2.38. The molecule has 1 unspecified atom stereocenters. The number of para-hydroxylation sites is 1. The van der Waals surface area contributed by atoms with E-state index in [0.29, 0.717) is 19.0 Å². The van der Waals surface area contributed by atoms with Crippen LogP contribution in [0.5, 0.6) is 5.75 Å². The first-order valence-corrected chi connectivity index (χ1v) is 8.34. The molecule has 1 N–H and O–H groups in total. The maximum atomic E-state index is 10.5. The van der Waals surface area contributed by atoms with Crippen molar-refractivity contribution >= 4 is 0 Å². The second kappa shape index (κ2) is 7.62. The van der Waals surface area contributed by atoms with Crippen LogP contribution in [0.2, 0.25) is 0 Å². The van der Waals surface area contributed by atoms with Crippen molar-refractivity contribution in [1.82, 2.24) is 4.90 Å². The standard InChI is InChI=1S/C20H25NO2/c1-23-20-10-6-5-9-17(20)14-21(18-11-12-18)15-19(22)13-16-7-3-2-4-8-16/h2-10,18-19,22H,11-15H2,1H3. The molecule has 1 atom stereocenters. The summed E-state index contributed by atoms with van der Waals surface area (Å²) in [5.74, 6) is 0.927. The van der Waals surface area contributed by atoms with E-state index in [2.05, 4.69) is 23.1 Å². The average Bonchev–Trinajstić information content (AvgIpc) is 3.40. The topological polar surface area (TPSA) is 32.7 Å². The van der Waals surface area contributed by atoms with Crippen molar-refractivity contribution in [2.45, 2.75) is 38.0 Å². The Bertz CT molecular complexity index is 610. The van der Waals surface area contributed by atoms with Gasteiger partial charge in [0.2, 0.25) is 0 Å². The first-order chi connectivity index (χ1) is 11.3. The highest BCUT2D eigenvalue weighted by atomic mass is 16.5. The number of hydrogen-bond acceptors (Lipinski definition) is 3. The van der Waals surface area contributed by atoms with Gasteiger partial charge in [-0.2, -0.15) is 0 Å². The van der Waals surface area contributed by atoms with E-state index in [1.165, 1.54) is 24.0 Å². The van der Waals surface area contributed by atoms with E-state index in [1.54, 1.807) is 7.11 Å². The van der Waals surface area contributed by atoms with E-state index in [0.717, 1.165) is 12.3 Å². The highest BCUT2D eigenvalue weighted by molar-refractivity contribution is 5.33. The molecule has 0 aliphatic heterocycles. The summed E-state index contributed by atoms with van der Waals surface area (Å²) in [6.07, 6.45) is 2.82. The van der Waals surface area contributed by atoms with Gasteiger partial charge < -0.3 is 9.84 Å². The lowest BCUT2D eigenvalue weighted by Gasteiger charge is -2.26. The molecule has 1 saturated carbocycles. The van der Waals surface area contributed by atoms with Crippen molar-refractivity contribution < 1.29 is 9.84 Å². The third-order valence-electron chi connectivity index (χ3n) is 4.39. The summed E-state index contributed by atoms with van der Waals surface area (Å²) in [6.45, 7) is 1.54. The minimum atomic E-state index is -0.340. The number of hydrogen-bond donors (Lipinski definition) is 1. The smallest absolute Gasteiger partial charge is 0.123 e. The monoisotopic (exact) mass is 311 g/mol. The Balaban J connectivity index is 1.63. The number of aliphatic hydroxyl groups excluding tert-OH is 1. The van der Waals surface area contributed by atoms with Crippen LogP contribution in [-0.2, 0) is 13.0 Å². The van der Waals surface area contributed by atoms with Gasteiger partial charge in [-0.15, -0.1) is 0 Å². The van der Waals surface area contributed by atoms with Crippen LogP contribution in [0.1, 0.15) is 24.0 Å². The van der Waals surface area contributed by atoms with E-state index < -0.39 is 0 Å². The molecule has 3 heteroatoms.